The third-order valence-corrected chi connectivity index (χ3v) is 1.79. The molecular formula is C8H9F3N2O2. The number of pyridine rings is 1. The topological polar surface area (TPSA) is 68.1 Å². The summed E-state index contributed by atoms with van der Waals surface area (Å²) in [6.07, 6.45) is -3.72. The van der Waals surface area contributed by atoms with Gasteiger partial charge >= 0.3 is 6.36 Å². The van der Waals surface area contributed by atoms with Gasteiger partial charge in [-0.3, -0.25) is 4.79 Å². The van der Waals surface area contributed by atoms with Gasteiger partial charge in [-0.15, -0.1) is 13.2 Å². The first-order valence-corrected chi connectivity index (χ1v) is 4.02. The molecule has 7 heteroatoms. The molecule has 0 saturated carbocycles. The standard InChI is InChI=1S/C8H9F3N2O2/c1-4-6(15-8(9,10)11)5(2-12)3-13-7(4)14/h3H,2,12H2,1H3,(H,13,14). The van der Waals surface area contributed by atoms with Crippen LogP contribution in [0.25, 0.3) is 0 Å². The SMILES string of the molecule is Cc1c(OC(F)(F)F)c(CN)c[nH]c1=O. The van der Waals surface area contributed by atoms with E-state index >= 15 is 0 Å². The molecule has 0 amide bonds. The van der Waals surface area contributed by atoms with Gasteiger partial charge in [0.2, 0.25) is 0 Å². The number of hydrogen-bond donors (Lipinski definition) is 2. The monoisotopic (exact) mass is 222 g/mol. The van der Waals surface area contributed by atoms with Gasteiger partial charge in [0.05, 0.1) is 5.56 Å². The molecule has 1 heterocycles. The molecule has 1 aromatic heterocycles. The molecule has 0 saturated heterocycles. The first kappa shape index (κ1) is 11.6. The molecule has 0 spiro atoms. The molecule has 4 nitrogen and oxygen atoms in total. The van der Waals surface area contributed by atoms with Crippen LogP contribution < -0.4 is 16.0 Å². The van der Waals surface area contributed by atoms with Crippen molar-refractivity contribution in [3.63, 3.8) is 0 Å². The maximum atomic E-state index is 12.0. The van der Waals surface area contributed by atoms with Gasteiger partial charge in [0.15, 0.2) is 0 Å². The fourth-order valence-corrected chi connectivity index (χ4v) is 1.08. The lowest BCUT2D eigenvalue weighted by atomic mass is 10.2. The molecular weight excluding hydrogens is 213 g/mol. The Balaban J connectivity index is 3.24. The van der Waals surface area contributed by atoms with Gasteiger partial charge in [-0.1, -0.05) is 0 Å². The van der Waals surface area contributed by atoms with E-state index in [0.29, 0.717) is 0 Å². The highest BCUT2D eigenvalue weighted by molar-refractivity contribution is 5.37. The number of rotatable bonds is 2. The Kier molecular flexibility index (Phi) is 3.04. The minimum atomic E-state index is -4.83. The molecule has 0 aliphatic carbocycles. The van der Waals surface area contributed by atoms with E-state index in [1.54, 1.807) is 0 Å². The lowest BCUT2D eigenvalue weighted by Crippen LogP contribution is -2.23. The molecule has 3 N–H and O–H groups in total. The van der Waals surface area contributed by atoms with E-state index in [9.17, 15) is 18.0 Å². The number of ether oxygens (including phenoxy) is 1. The lowest BCUT2D eigenvalue weighted by Gasteiger charge is -2.13. The molecule has 0 aromatic carbocycles. The van der Waals surface area contributed by atoms with Crippen LogP contribution in [0, 0.1) is 6.92 Å². The van der Waals surface area contributed by atoms with Gasteiger partial charge in [0, 0.05) is 18.3 Å². The van der Waals surface area contributed by atoms with E-state index in [2.05, 4.69) is 9.72 Å². The zero-order chi connectivity index (χ0) is 11.6. The van der Waals surface area contributed by atoms with Crippen LogP contribution in [0.1, 0.15) is 11.1 Å². The molecule has 15 heavy (non-hydrogen) atoms. The zero-order valence-electron chi connectivity index (χ0n) is 7.81. The molecule has 0 bridgehead atoms. The minimum absolute atomic E-state index is 0.101. The van der Waals surface area contributed by atoms with Crippen molar-refractivity contribution >= 4 is 0 Å². The van der Waals surface area contributed by atoms with E-state index < -0.39 is 17.7 Å². The summed E-state index contributed by atoms with van der Waals surface area (Å²) >= 11 is 0. The third kappa shape index (κ3) is 2.72. The Morgan fingerprint density at radius 3 is 2.60 bits per heavy atom. The molecule has 0 aliphatic rings. The Hall–Kier alpha value is -1.50. The summed E-state index contributed by atoms with van der Waals surface area (Å²) in [5.41, 5.74) is 4.54. The first-order valence-electron chi connectivity index (χ1n) is 4.02. The smallest absolute Gasteiger partial charge is 0.405 e. The quantitative estimate of drug-likeness (QED) is 0.785. The second kappa shape index (κ2) is 3.93. The highest BCUT2D eigenvalue weighted by Gasteiger charge is 2.33. The second-order valence-corrected chi connectivity index (χ2v) is 2.85. The molecule has 1 aromatic rings. The number of alkyl halides is 3. The third-order valence-electron chi connectivity index (χ3n) is 1.79. The Bertz CT molecular complexity index is 411. The van der Waals surface area contributed by atoms with Crippen LogP contribution >= 0.6 is 0 Å². The van der Waals surface area contributed by atoms with Crippen LogP contribution in [0.3, 0.4) is 0 Å². The number of nitrogens with two attached hydrogens (primary N) is 1. The van der Waals surface area contributed by atoms with Crippen LogP contribution in [0.15, 0.2) is 11.0 Å². The molecule has 1 rings (SSSR count). The summed E-state index contributed by atoms with van der Waals surface area (Å²) < 4.78 is 39.7. The summed E-state index contributed by atoms with van der Waals surface area (Å²) in [5.74, 6) is -0.520. The largest absolute Gasteiger partial charge is 0.573 e. The highest BCUT2D eigenvalue weighted by atomic mass is 19.4. The average molecular weight is 222 g/mol. The van der Waals surface area contributed by atoms with Crippen molar-refractivity contribution in [1.29, 1.82) is 0 Å². The summed E-state index contributed by atoms with van der Waals surface area (Å²) in [4.78, 5) is 13.3. The Labute approximate surface area is 82.9 Å². The van der Waals surface area contributed by atoms with Crippen molar-refractivity contribution < 1.29 is 17.9 Å². The predicted octanol–water partition coefficient (Wildman–Crippen LogP) is 1.04. The Morgan fingerprint density at radius 1 is 1.53 bits per heavy atom. The predicted molar refractivity (Wildman–Crippen MR) is 46.4 cm³/mol. The fourth-order valence-electron chi connectivity index (χ4n) is 1.08. The van der Waals surface area contributed by atoms with Crippen molar-refractivity contribution in [2.24, 2.45) is 5.73 Å². The number of aromatic nitrogens is 1. The van der Waals surface area contributed by atoms with Crippen LogP contribution in [-0.2, 0) is 6.54 Å². The van der Waals surface area contributed by atoms with Crippen LogP contribution in [0.5, 0.6) is 5.75 Å². The number of hydrogen-bond acceptors (Lipinski definition) is 3. The molecule has 0 unspecified atom stereocenters. The number of halogens is 3. The molecule has 0 radical (unpaired) electrons. The van der Waals surface area contributed by atoms with Crippen molar-refractivity contribution in [3.05, 3.63) is 27.7 Å². The van der Waals surface area contributed by atoms with E-state index in [1.165, 1.54) is 6.92 Å². The van der Waals surface area contributed by atoms with E-state index in [4.69, 9.17) is 5.73 Å². The number of aromatic amines is 1. The van der Waals surface area contributed by atoms with Crippen LogP contribution in [0.4, 0.5) is 13.2 Å². The second-order valence-electron chi connectivity index (χ2n) is 2.85. The summed E-state index contributed by atoms with van der Waals surface area (Å²) in [6.45, 7) is 1.09. The van der Waals surface area contributed by atoms with Gasteiger partial charge in [0.25, 0.3) is 5.56 Å². The molecule has 84 valence electrons. The maximum Gasteiger partial charge on any atom is 0.573 e. The summed E-state index contributed by atoms with van der Waals surface area (Å²) in [6, 6.07) is 0. The van der Waals surface area contributed by atoms with Crippen molar-refractivity contribution in [3.8, 4) is 5.75 Å². The van der Waals surface area contributed by atoms with E-state index in [1.807, 2.05) is 0 Å². The van der Waals surface area contributed by atoms with Gasteiger partial charge < -0.3 is 15.5 Å². The van der Waals surface area contributed by atoms with Gasteiger partial charge in [-0.05, 0) is 6.92 Å². The van der Waals surface area contributed by atoms with Gasteiger partial charge in [-0.25, -0.2) is 0 Å². The normalized spacial score (nSPS) is 11.5. The first-order chi connectivity index (χ1) is 6.85. The van der Waals surface area contributed by atoms with Crippen molar-refractivity contribution in [2.75, 3.05) is 0 Å². The summed E-state index contributed by atoms with van der Waals surface area (Å²) in [7, 11) is 0. The highest BCUT2D eigenvalue weighted by Crippen LogP contribution is 2.27. The molecule has 0 aliphatic heterocycles. The molecule has 0 atom stereocenters. The van der Waals surface area contributed by atoms with E-state index in [0.717, 1.165) is 6.20 Å². The minimum Gasteiger partial charge on any atom is -0.405 e. The van der Waals surface area contributed by atoms with Gasteiger partial charge in [0.1, 0.15) is 5.75 Å². The summed E-state index contributed by atoms with van der Waals surface area (Å²) in [5, 5.41) is 0. The van der Waals surface area contributed by atoms with Crippen molar-refractivity contribution in [2.45, 2.75) is 19.8 Å². The Morgan fingerprint density at radius 2 is 2.13 bits per heavy atom. The maximum absolute atomic E-state index is 12.0. The van der Waals surface area contributed by atoms with E-state index in [-0.39, 0.29) is 17.7 Å². The van der Waals surface area contributed by atoms with Crippen LogP contribution in [-0.4, -0.2) is 11.3 Å². The number of H-pyrrole nitrogens is 1. The average Bonchev–Trinajstić information content (AvgIpc) is 2.11. The van der Waals surface area contributed by atoms with Crippen LogP contribution in [0.2, 0.25) is 0 Å². The van der Waals surface area contributed by atoms with Crippen molar-refractivity contribution in [1.82, 2.24) is 4.98 Å². The lowest BCUT2D eigenvalue weighted by molar-refractivity contribution is -0.275. The zero-order valence-corrected chi connectivity index (χ0v) is 7.81. The fraction of sp³-hybridized carbons (Fsp3) is 0.375. The molecule has 0 fully saturated rings. The number of nitrogens with one attached hydrogen (secondary N) is 1. The van der Waals surface area contributed by atoms with Gasteiger partial charge in [-0.2, -0.15) is 0 Å².